The maximum atomic E-state index is 13.9. The van der Waals surface area contributed by atoms with E-state index in [0.717, 1.165) is 29.4 Å². The molecule has 0 saturated carbocycles. The van der Waals surface area contributed by atoms with E-state index in [1.54, 1.807) is 29.2 Å². The van der Waals surface area contributed by atoms with Crippen LogP contribution in [-0.2, 0) is 32.6 Å². The van der Waals surface area contributed by atoms with Gasteiger partial charge in [-0.15, -0.1) is 0 Å². The fraction of sp³-hybridized carbons (Fsp3) is 0.375. The van der Waals surface area contributed by atoms with Gasteiger partial charge >= 0.3 is 0 Å². The second-order valence-electron chi connectivity index (χ2n) is 10.5. The molecule has 0 radical (unpaired) electrons. The van der Waals surface area contributed by atoms with Crippen LogP contribution >= 0.6 is 23.2 Å². The van der Waals surface area contributed by atoms with Crippen LogP contribution in [0.4, 0.5) is 5.69 Å². The minimum Gasteiger partial charge on any atom is -0.354 e. The van der Waals surface area contributed by atoms with Crippen molar-refractivity contribution in [1.82, 2.24) is 10.2 Å². The first-order valence-electron chi connectivity index (χ1n) is 14.0. The number of sulfonamides is 1. The lowest BCUT2D eigenvalue weighted by molar-refractivity contribution is -0.141. The second-order valence-corrected chi connectivity index (χ2v) is 13.2. The molecule has 226 valence electrons. The highest BCUT2D eigenvalue weighted by molar-refractivity contribution is 7.92. The molecule has 0 bridgehead atoms. The van der Waals surface area contributed by atoms with Gasteiger partial charge in [0.15, 0.2) is 0 Å². The fourth-order valence-electron chi connectivity index (χ4n) is 4.64. The van der Waals surface area contributed by atoms with E-state index in [9.17, 15) is 18.0 Å². The van der Waals surface area contributed by atoms with E-state index in [0.29, 0.717) is 34.3 Å². The smallest absolute Gasteiger partial charge is 0.243 e. The van der Waals surface area contributed by atoms with E-state index in [2.05, 4.69) is 5.32 Å². The van der Waals surface area contributed by atoms with Crippen molar-refractivity contribution >= 4 is 50.7 Å². The van der Waals surface area contributed by atoms with Gasteiger partial charge in [-0.05, 0) is 73.2 Å². The summed E-state index contributed by atoms with van der Waals surface area (Å²) in [6.45, 7) is 6.55. The Labute approximate surface area is 259 Å². The predicted octanol–water partition coefficient (Wildman–Crippen LogP) is 6.32. The summed E-state index contributed by atoms with van der Waals surface area (Å²) < 4.78 is 26.7. The molecular formula is C32H39Cl2N3O4S. The molecule has 0 aliphatic carbocycles. The number of carbonyl (C=O) groups is 2. The molecule has 0 saturated heterocycles. The van der Waals surface area contributed by atoms with Crippen LogP contribution in [0.15, 0.2) is 66.7 Å². The lowest BCUT2D eigenvalue weighted by atomic mass is 10.0. The van der Waals surface area contributed by atoms with Crippen molar-refractivity contribution in [3.8, 4) is 0 Å². The van der Waals surface area contributed by atoms with Gasteiger partial charge in [0.1, 0.15) is 6.04 Å². The molecule has 0 heterocycles. The third kappa shape index (κ3) is 9.48. The van der Waals surface area contributed by atoms with Crippen molar-refractivity contribution in [3.05, 3.63) is 99.0 Å². The number of hydrogen-bond acceptors (Lipinski definition) is 4. The first kappa shape index (κ1) is 33.4. The maximum absolute atomic E-state index is 13.9. The molecule has 0 aliphatic heterocycles. The van der Waals surface area contributed by atoms with E-state index in [1.165, 1.54) is 4.31 Å². The largest absolute Gasteiger partial charge is 0.354 e. The molecule has 0 fully saturated rings. The molecule has 3 aromatic carbocycles. The van der Waals surface area contributed by atoms with Crippen LogP contribution in [0.2, 0.25) is 10.0 Å². The Balaban J connectivity index is 1.90. The van der Waals surface area contributed by atoms with E-state index in [1.807, 2.05) is 63.2 Å². The number of halogens is 2. The number of benzene rings is 3. The summed E-state index contributed by atoms with van der Waals surface area (Å²) in [6.07, 6.45) is 2.52. The number of amides is 2. The quantitative estimate of drug-likeness (QED) is 0.225. The third-order valence-electron chi connectivity index (χ3n) is 7.11. The van der Waals surface area contributed by atoms with Crippen LogP contribution in [0.1, 0.15) is 48.4 Å². The summed E-state index contributed by atoms with van der Waals surface area (Å²) in [7, 11) is -3.59. The van der Waals surface area contributed by atoms with Crippen LogP contribution in [-0.4, -0.2) is 50.5 Å². The van der Waals surface area contributed by atoms with Gasteiger partial charge in [-0.2, -0.15) is 0 Å². The average Bonchev–Trinajstić information content (AvgIpc) is 2.94. The van der Waals surface area contributed by atoms with Crippen molar-refractivity contribution in [3.63, 3.8) is 0 Å². The minimum absolute atomic E-state index is 0.0361. The molecule has 0 aromatic heterocycles. The topological polar surface area (TPSA) is 86.8 Å². The van der Waals surface area contributed by atoms with Crippen LogP contribution in [0.5, 0.6) is 0 Å². The van der Waals surface area contributed by atoms with Crippen LogP contribution in [0.25, 0.3) is 0 Å². The van der Waals surface area contributed by atoms with Gasteiger partial charge in [-0.1, -0.05) is 72.6 Å². The SMILES string of the molecule is CCCNC(=O)[C@H](Cc1ccccc1)N(Cc1ccc(Cl)cc1Cl)C(=O)CCCN(c1ccc(C)c(C)c1)S(C)(=O)=O. The second kappa shape index (κ2) is 15.4. The number of nitrogens with zero attached hydrogens (tertiary/aromatic N) is 2. The van der Waals surface area contributed by atoms with Gasteiger partial charge in [0, 0.05) is 42.5 Å². The molecule has 1 N–H and O–H groups in total. The van der Waals surface area contributed by atoms with E-state index in [-0.39, 0.29) is 37.7 Å². The molecule has 10 heteroatoms. The number of nitrogens with one attached hydrogen (secondary N) is 1. The van der Waals surface area contributed by atoms with Gasteiger partial charge in [-0.25, -0.2) is 8.42 Å². The fourth-order valence-corrected chi connectivity index (χ4v) is 6.06. The molecule has 3 rings (SSSR count). The number of carbonyl (C=O) groups excluding carboxylic acids is 2. The summed E-state index contributed by atoms with van der Waals surface area (Å²) in [6, 6.07) is 19.3. The number of rotatable bonds is 14. The Kier molecular flexibility index (Phi) is 12.3. The summed E-state index contributed by atoms with van der Waals surface area (Å²) in [5, 5.41) is 3.81. The van der Waals surface area contributed by atoms with E-state index in [4.69, 9.17) is 23.2 Å². The van der Waals surface area contributed by atoms with Gasteiger partial charge < -0.3 is 10.2 Å². The zero-order valence-electron chi connectivity index (χ0n) is 24.6. The molecule has 0 aliphatic rings. The van der Waals surface area contributed by atoms with Gasteiger partial charge in [-0.3, -0.25) is 13.9 Å². The van der Waals surface area contributed by atoms with Crippen molar-refractivity contribution < 1.29 is 18.0 Å². The van der Waals surface area contributed by atoms with Gasteiger partial charge in [0.05, 0.1) is 11.9 Å². The normalized spacial score (nSPS) is 12.0. The highest BCUT2D eigenvalue weighted by Crippen LogP contribution is 2.26. The lowest BCUT2D eigenvalue weighted by Gasteiger charge is -2.32. The lowest BCUT2D eigenvalue weighted by Crippen LogP contribution is -2.50. The molecule has 2 amide bonds. The molecule has 0 unspecified atom stereocenters. The Morgan fingerprint density at radius 1 is 0.952 bits per heavy atom. The number of aryl methyl sites for hydroxylation is 2. The summed E-state index contributed by atoms with van der Waals surface area (Å²) in [5.41, 5.74) is 4.16. The molecule has 7 nitrogen and oxygen atoms in total. The summed E-state index contributed by atoms with van der Waals surface area (Å²) in [5.74, 6) is -0.533. The zero-order valence-corrected chi connectivity index (χ0v) is 26.9. The van der Waals surface area contributed by atoms with Crippen molar-refractivity contribution in [2.24, 2.45) is 0 Å². The first-order chi connectivity index (χ1) is 19.9. The van der Waals surface area contributed by atoms with E-state index >= 15 is 0 Å². The van der Waals surface area contributed by atoms with Crippen molar-refractivity contribution in [1.29, 1.82) is 0 Å². The zero-order chi connectivity index (χ0) is 30.9. The minimum atomic E-state index is -3.59. The van der Waals surface area contributed by atoms with Crippen LogP contribution < -0.4 is 9.62 Å². The first-order valence-corrected chi connectivity index (χ1v) is 16.6. The third-order valence-corrected chi connectivity index (χ3v) is 8.89. The Morgan fingerprint density at radius 3 is 2.29 bits per heavy atom. The Bertz CT molecular complexity index is 1480. The molecule has 1 atom stereocenters. The molecule has 42 heavy (non-hydrogen) atoms. The average molecular weight is 633 g/mol. The molecule has 0 spiro atoms. The number of anilines is 1. The number of hydrogen-bond donors (Lipinski definition) is 1. The van der Waals surface area contributed by atoms with Crippen molar-refractivity contribution in [2.45, 2.75) is 59.0 Å². The molecule has 3 aromatic rings. The van der Waals surface area contributed by atoms with Crippen LogP contribution in [0.3, 0.4) is 0 Å². The van der Waals surface area contributed by atoms with Crippen molar-refractivity contribution in [2.75, 3.05) is 23.7 Å². The Morgan fingerprint density at radius 2 is 1.67 bits per heavy atom. The molecular weight excluding hydrogens is 593 g/mol. The van der Waals surface area contributed by atoms with E-state index < -0.39 is 16.1 Å². The predicted molar refractivity (Wildman–Crippen MR) is 172 cm³/mol. The highest BCUT2D eigenvalue weighted by Gasteiger charge is 2.31. The highest BCUT2D eigenvalue weighted by atomic mass is 35.5. The van der Waals surface area contributed by atoms with Crippen LogP contribution in [0, 0.1) is 13.8 Å². The maximum Gasteiger partial charge on any atom is 0.243 e. The summed E-state index contributed by atoms with van der Waals surface area (Å²) >= 11 is 12.6. The monoisotopic (exact) mass is 631 g/mol. The summed E-state index contributed by atoms with van der Waals surface area (Å²) in [4.78, 5) is 29.0. The standard InChI is InChI=1S/C32H39Cl2N3O4S/c1-5-17-35-32(39)30(20-25-10-7-6-8-11-25)36(22-26-14-15-27(33)21-29(26)34)31(38)12-9-18-37(42(4,40)41)28-16-13-23(2)24(3)19-28/h6-8,10-11,13-16,19,21,30H,5,9,12,17-18,20,22H2,1-4H3,(H,35,39)/t30-/m0/s1. The Hall–Kier alpha value is -3.07. The van der Waals surface area contributed by atoms with Gasteiger partial charge in [0.2, 0.25) is 21.8 Å². The van der Waals surface area contributed by atoms with Gasteiger partial charge in [0.25, 0.3) is 0 Å².